The highest BCUT2D eigenvalue weighted by atomic mass is 14.7. The molecule has 0 spiro atoms. The molecule has 2 heterocycles. The van der Waals surface area contributed by atoms with E-state index in [0.29, 0.717) is 0 Å². The summed E-state index contributed by atoms with van der Waals surface area (Å²) >= 11 is 0. The molecule has 0 aliphatic heterocycles. The summed E-state index contributed by atoms with van der Waals surface area (Å²) in [7, 11) is 0. The number of hydrogen-bond acceptors (Lipinski definition) is 2. The van der Waals surface area contributed by atoms with Crippen molar-refractivity contribution in [3.05, 3.63) is 194 Å². The first-order chi connectivity index (χ1) is 24.8. The van der Waals surface area contributed by atoms with Crippen molar-refractivity contribution in [1.29, 1.82) is 0 Å². The highest BCUT2D eigenvalue weighted by molar-refractivity contribution is 6.17. The number of pyridine rings is 2. The highest BCUT2D eigenvalue weighted by Gasteiger charge is 2.16. The van der Waals surface area contributed by atoms with Crippen LogP contribution in [0.3, 0.4) is 0 Å². The van der Waals surface area contributed by atoms with Gasteiger partial charge >= 0.3 is 0 Å². The fourth-order valence-corrected chi connectivity index (χ4v) is 7.03. The molecule has 0 saturated carbocycles. The fourth-order valence-electron chi connectivity index (χ4n) is 7.03. The molecule has 2 aromatic heterocycles. The van der Waals surface area contributed by atoms with Crippen LogP contribution in [-0.2, 0) is 0 Å². The average molecular weight is 637 g/mol. The monoisotopic (exact) mass is 636 g/mol. The Labute approximate surface area is 292 Å². The van der Waals surface area contributed by atoms with Crippen LogP contribution in [0.2, 0.25) is 0 Å². The molecule has 7 aromatic carbocycles. The second-order valence-electron chi connectivity index (χ2n) is 12.6. The molecule has 0 bridgehead atoms. The first kappa shape index (κ1) is 29.5. The normalized spacial score (nSPS) is 11.2. The highest BCUT2D eigenvalue weighted by Crippen LogP contribution is 2.41. The van der Waals surface area contributed by atoms with Crippen molar-refractivity contribution in [2.75, 3.05) is 0 Å². The Kier molecular flexibility index (Phi) is 7.53. The number of benzene rings is 7. The summed E-state index contributed by atoms with van der Waals surface area (Å²) in [6.07, 6.45) is 0. The minimum atomic E-state index is 0.941. The van der Waals surface area contributed by atoms with Gasteiger partial charge in [-0.15, -0.1) is 0 Å². The van der Waals surface area contributed by atoms with Gasteiger partial charge in [-0.2, -0.15) is 0 Å². The zero-order valence-electron chi connectivity index (χ0n) is 27.4. The molecule has 0 atom stereocenters. The van der Waals surface area contributed by atoms with Gasteiger partial charge in [-0.05, 0) is 74.5 Å². The zero-order chi connectivity index (χ0) is 33.3. The van der Waals surface area contributed by atoms with Crippen molar-refractivity contribution in [1.82, 2.24) is 9.97 Å². The van der Waals surface area contributed by atoms with Crippen LogP contribution in [0.4, 0.5) is 0 Å². The maximum atomic E-state index is 5.25. The second kappa shape index (κ2) is 12.8. The third kappa shape index (κ3) is 5.53. The standard InChI is InChI=1S/C48H32N2/c1-5-15-33(16-6-1)37-23-13-24-38(29-37)46-31-39(30-45(50-46)35-19-9-3-10-20-35)40-25-14-26-42-41(40)27-28-44-48(42)43(34-17-7-2-8-18-34)32-47(49-44)36-21-11-4-12-22-36/h1-32H. The first-order valence-electron chi connectivity index (χ1n) is 17.0. The van der Waals surface area contributed by atoms with Gasteiger partial charge < -0.3 is 0 Å². The molecule has 2 heteroatoms. The summed E-state index contributed by atoms with van der Waals surface area (Å²) in [5.41, 5.74) is 14.1. The van der Waals surface area contributed by atoms with E-state index in [2.05, 4.69) is 188 Å². The molecular formula is C48H32N2. The SMILES string of the molecule is c1ccc(-c2cccc(-c3cc(-c4cccc5c4ccc4nc(-c6ccccc6)cc(-c6ccccc6)c45)cc(-c4ccccc4)n3)c2)cc1. The Morgan fingerprint density at radius 3 is 1.44 bits per heavy atom. The molecule has 0 aliphatic carbocycles. The number of aromatic nitrogens is 2. The topological polar surface area (TPSA) is 25.8 Å². The summed E-state index contributed by atoms with van der Waals surface area (Å²) in [5, 5.41) is 3.51. The van der Waals surface area contributed by atoms with E-state index in [1.165, 1.54) is 33.0 Å². The van der Waals surface area contributed by atoms with E-state index in [9.17, 15) is 0 Å². The van der Waals surface area contributed by atoms with Gasteiger partial charge in [0.1, 0.15) is 0 Å². The van der Waals surface area contributed by atoms with Gasteiger partial charge in [0.15, 0.2) is 0 Å². The van der Waals surface area contributed by atoms with Gasteiger partial charge in [-0.1, -0.05) is 164 Å². The van der Waals surface area contributed by atoms with Gasteiger partial charge in [0.25, 0.3) is 0 Å². The van der Waals surface area contributed by atoms with Crippen molar-refractivity contribution in [3.63, 3.8) is 0 Å². The van der Waals surface area contributed by atoms with Crippen molar-refractivity contribution >= 4 is 21.7 Å². The van der Waals surface area contributed by atoms with E-state index in [1.54, 1.807) is 0 Å². The maximum Gasteiger partial charge on any atom is 0.0722 e. The average Bonchev–Trinajstić information content (AvgIpc) is 3.21. The Morgan fingerprint density at radius 1 is 0.260 bits per heavy atom. The number of nitrogens with zero attached hydrogens (tertiary/aromatic N) is 2. The lowest BCUT2D eigenvalue weighted by molar-refractivity contribution is 1.32. The molecule has 0 aliphatic rings. The molecule has 234 valence electrons. The minimum Gasteiger partial charge on any atom is -0.248 e. The van der Waals surface area contributed by atoms with Crippen molar-refractivity contribution in [2.24, 2.45) is 0 Å². The summed E-state index contributed by atoms with van der Waals surface area (Å²) in [6, 6.07) is 68.6. The first-order valence-corrected chi connectivity index (χ1v) is 17.0. The van der Waals surface area contributed by atoms with Crippen molar-refractivity contribution < 1.29 is 0 Å². The van der Waals surface area contributed by atoms with Gasteiger partial charge in [0.05, 0.1) is 22.6 Å². The van der Waals surface area contributed by atoms with E-state index in [4.69, 9.17) is 9.97 Å². The van der Waals surface area contributed by atoms with E-state index < -0.39 is 0 Å². The molecule has 0 N–H and O–H groups in total. The molecular weight excluding hydrogens is 605 g/mol. The summed E-state index contributed by atoms with van der Waals surface area (Å²) in [4.78, 5) is 10.5. The van der Waals surface area contributed by atoms with Crippen LogP contribution in [0.1, 0.15) is 0 Å². The third-order valence-electron chi connectivity index (χ3n) is 9.46. The number of rotatable bonds is 6. The van der Waals surface area contributed by atoms with Gasteiger partial charge in [0, 0.05) is 22.1 Å². The van der Waals surface area contributed by atoms with Crippen LogP contribution >= 0.6 is 0 Å². The largest absolute Gasteiger partial charge is 0.248 e. The van der Waals surface area contributed by atoms with E-state index in [0.717, 1.165) is 55.8 Å². The van der Waals surface area contributed by atoms with Gasteiger partial charge in [-0.25, -0.2) is 9.97 Å². The molecule has 0 saturated heterocycles. The molecule has 2 nitrogen and oxygen atoms in total. The predicted molar refractivity (Wildman–Crippen MR) is 210 cm³/mol. The lowest BCUT2D eigenvalue weighted by Crippen LogP contribution is -1.94. The Hall–Kier alpha value is -6.64. The van der Waals surface area contributed by atoms with Crippen LogP contribution in [-0.4, -0.2) is 9.97 Å². The summed E-state index contributed by atoms with van der Waals surface area (Å²) in [5.74, 6) is 0. The summed E-state index contributed by atoms with van der Waals surface area (Å²) in [6.45, 7) is 0. The van der Waals surface area contributed by atoms with E-state index in [-0.39, 0.29) is 0 Å². The molecule has 0 radical (unpaired) electrons. The molecule has 0 fully saturated rings. The summed E-state index contributed by atoms with van der Waals surface area (Å²) < 4.78 is 0. The lowest BCUT2D eigenvalue weighted by atomic mass is 9.90. The van der Waals surface area contributed by atoms with E-state index in [1.807, 2.05) is 6.07 Å². The van der Waals surface area contributed by atoms with Crippen molar-refractivity contribution in [3.8, 4) is 67.2 Å². The maximum absolute atomic E-state index is 5.25. The lowest BCUT2D eigenvalue weighted by Gasteiger charge is -2.16. The van der Waals surface area contributed by atoms with Crippen LogP contribution < -0.4 is 0 Å². The molecule has 50 heavy (non-hydrogen) atoms. The number of fused-ring (bicyclic) bond motifs is 3. The van der Waals surface area contributed by atoms with Gasteiger partial charge in [-0.3, -0.25) is 0 Å². The smallest absolute Gasteiger partial charge is 0.0722 e. The minimum absolute atomic E-state index is 0.941. The second-order valence-corrected chi connectivity index (χ2v) is 12.6. The van der Waals surface area contributed by atoms with Crippen LogP contribution in [0.25, 0.3) is 88.8 Å². The Morgan fingerprint density at radius 2 is 0.780 bits per heavy atom. The fraction of sp³-hybridized carbons (Fsp3) is 0. The molecule has 0 amide bonds. The zero-order valence-corrected chi connectivity index (χ0v) is 27.4. The number of hydrogen-bond donors (Lipinski definition) is 0. The third-order valence-corrected chi connectivity index (χ3v) is 9.46. The molecule has 9 aromatic rings. The van der Waals surface area contributed by atoms with Crippen LogP contribution in [0, 0.1) is 0 Å². The van der Waals surface area contributed by atoms with Gasteiger partial charge in [0.2, 0.25) is 0 Å². The molecule has 0 unspecified atom stereocenters. The van der Waals surface area contributed by atoms with Crippen LogP contribution in [0.5, 0.6) is 0 Å². The Bertz CT molecular complexity index is 2610. The quantitative estimate of drug-likeness (QED) is 0.170. The Balaban J connectivity index is 1.27. The van der Waals surface area contributed by atoms with E-state index >= 15 is 0 Å². The predicted octanol–water partition coefficient (Wildman–Crippen LogP) is 12.8. The van der Waals surface area contributed by atoms with Crippen LogP contribution in [0.15, 0.2) is 194 Å². The van der Waals surface area contributed by atoms with Crippen molar-refractivity contribution in [2.45, 2.75) is 0 Å². The molecule has 9 rings (SSSR count).